The monoisotopic (exact) mass is 385 g/mol. The standard InChI is InChI=1S/C19H19N3O4S/c1-10-5-6-13(19(25)26-4)7-14(10)21-15(23)8-22-9-20-17-16(18(22)24)11(2)12(3)27-17/h5-7,9H,8H2,1-4H3,(H,21,23). The van der Waals surface area contributed by atoms with Gasteiger partial charge in [-0.3, -0.25) is 14.2 Å². The van der Waals surface area contributed by atoms with Crippen LogP contribution in [0.5, 0.6) is 0 Å². The summed E-state index contributed by atoms with van der Waals surface area (Å²) in [6.07, 6.45) is 1.39. The Kier molecular flexibility index (Phi) is 5.09. The first kappa shape index (κ1) is 18.8. The normalized spacial score (nSPS) is 10.8. The zero-order valence-corrected chi connectivity index (χ0v) is 16.3. The van der Waals surface area contributed by atoms with Crippen LogP contribution >= 0.6 is 11.3 Å². The van der Waals surface area contributed by atoms with E-state index in [1.807, 2.05) is 20.8 Å². The number of nitrogens with zero attached hydrogens (tertiary/aromatic N) is 2. The summed E-state index contributed by atoms with van der Waals surface area (Å²) in [6.45, 7) is 5.46. The maximum absolute atomic E-state index is 12.7. The zero-order chi connectivity index (χ0) is 19.7. The Labute approximate surface area is 159 Å². The van der Waals surface area contributed by atoms with E-state index in [0.29, 0.717) is 21.5 Å². The first-order valence-corrected chi connectivity index (χ1v) is 9.07. The molecule has 0 aliphatic rings. The largest absolute Gasteiger partial charge is 0.465 e. The number of carbonyl (C=O) groups is 2. The minimum atomic E-state index is -0.486. The molecule has 0 bridgehead atoms. The first-order chi connectivity index (χ1) is 12.8. The van der Waals surface area contributed by atoms with Crippen molar-refractivity contribution in [1.82, 2.24) is 9.55 Å². The van der Waals surface area contributed by atoms with Crippen LogP contribution in [0.25, 0.3) is 10.2 Å². The molecule has 27 heavy (non-hydrogen) atoms. The predicted molar refractivity (Wildman–Crippen MR) is 105 cm³/mol. The SMILES string of the molecule is COC(=O)c1ccc(C)c(NC(=O)Cn2cnc3sc(C)c(C)c3c2=O)c1. The van der Waals surface area contributed by atoms with Crippen LogP contribution in [0.4, 0.5) is 5.69 Å². The van der Waals surface area contributed by atoms with Crippen LogP contribution < -0.4 is 10.9 Å². The van der Waals surface area contributed by atoms with Crippen molar-refractivity contribution in [3.05, 3.63) is 56.4 Å². The molecule has 0 aliphatic heterocycles. The van der Waals surface area contributed by atoms with Gasteiger partial charge in [-0.1, -0.05) is 6.07 Å². The number of aryl methyl sites for hydroxylation is 3. The molecule has 0 atom stereocenters. The zero-order valence-electron chi connectivity index (χ0n) is 15.5. The van der Waals surface area contributed by atoms with Crippen molar-refractivity contribution >= 4 is 39.1 Å². The van der Waals surface area contributed by atoms with E-state index in [1.54, 1.807) is 18.2 Å². The second-order valence-corrected chi connectivity index (χ2v) is 7.41. The van der Waals surface area contributed by atoms with E-state index in [4.69, 9.17) is 4.74 Å². The molecule has 0 spiro atoms. The minimum Gasteiger partial charge on any atom is -0.465 e. The molecule has 3 aromatic rings. The number of thiophene rings is 1. The number of methoxy groups -OCH3 is 1. The number of hydrogen-bond acceptors (Lipinski definition) is 6. The fourth-order valence-electron chi connectivity index (χ4n) is 2.73. The summed E-state index contributed by atoms with van der Waals surface area (Å²) in [5, 5.41) is 3.29. The van der Waals surface area contributed by atoms with Gasteiger partial charge in [-0.2, -0.15) is 0 Å². The van der Waals surface area contributed by atoms with E-state index in [9.17, 15) is 14.4 Å². The van der Waals surface area contributed by atoms with E-state index >= 15 is 0 Å². The molecule has 0 fully saturated rings. The van der Waals surface area contributed by atoms with Crippen LogP contribution in [0, 0.1) is 20.8 Å². The molecule has 1 amide bonds. The summed E-state index contributed by atoms with van der Waals surface area (Å²) in [5.74, 6) is -0.868. The second-order valence-electron chi connectivity index (χ2n) is 6.21. The maximum atomic E-state index is 12.7. The summed E-state index contributed by atoms with van der Waals surface area (Å²) in [4.78, 5) is 42.8. The highest BCUT2D eigenvalue weighted by atomic mass is 32.1. The molecule has 2 heterocycles. The van der Waals surface area contributed by atoms with Gasteiger partial charge in [0.1, 0.15) is 11.4 Å². The topological polar surface area (TPSA) is 90.3 Å². The molecule has 3 rings (SSSR count). The van der Waals surface area contributed by atoms with Gasteiger partial charge in [-0.25, -0.2) is 9.78 Å². The van der Waals surface area contributed by atoms with E-state index in [0.717, 1.165) is 16.0 Å². The quantitative estimate of drug-likeness (QED) is 0.698. The summed E-state index contributed by atoms with van der Waals surface area (Å²) in [5.41, 5.74) is 2.28. The lowest BCUT2D eigenvalue weighted by atomic mass is 10.1. The van der Waals surface area contributed by atoms with Gasteiger partial charge in [-0.15, -0.1) is 11.3 Å². The Balaban J connectivity index is 1.86. The lowest BCUT2D eigenvalue weighted by Gasteiger charge is -2.11. The highest BCUT2D eigenvalue weighted by Crippen LogP contribution is 2.25. The number of amides is 1. The van der Waals surface area contributed by atoms with Gasteiger partial charge in [0, 0.05) is 10.6 Å². The fraction of sp³-hybridized carbons (Fsp3) is 0.263. The molecule has 140 valence electrons. The van der Waals surface area contributed by atoms with Crippen LogP contribution in [0.1, 0.15) is 26.4 Å². The van der Waals surface area contributed by atoms with Crippen molar-refractivity contribution in [3.63, 3.8) is 0 Å². The molecular weight excluding hydrogens is 366 g/mol. The molecule has 1 N–H and O–H groups in total. The second kappa shape index (κ2) is 7.32. The fourth-order valence-corrected chi connectivity index (χ4v) is 3.72. The van der Waals surface area contributed by atoms with Crippen LogP contribution in [0.15, 0.2) is 29.3 Å². The average molecular weight is 385 g/mol. The molecule has 7 nitrogen and oxygen atoms in total. The van der Waals surface area contributed by atoms with Gasteiger partial charge in [0.05, 0.1) is 24.4 Å². The molecule has 0 unspecified atom stereocenters. The van der Waals surface area contributed by atoms with Gasteiger partial charge in [0.15, 0.2) is 0 Å². The number of carbonyl (C=O) groups excluding carboxylic acids is 2. The van der Waals surface area contributed by atoms with E-state index in [1.165, 1.54) is 29.3 Å². The van der Waals surface area contributed by atoms with E-state index in [-0.39, 0.29) is 18.0 Å². The molecule has 1 aromatic carbocycles. The molecule has 0 saturated heterocycles. The van der Waals surface area contributed by atoms with Gasteiger partial charge < -0.3 is 10.1 Å². The van der Waals surface area contributed by atoms with Gasteiger partial charge in [-0.05, 0) is 44.0 Å². The number of fused-ring (bicyclic) bond motifs is 1. The Morgan fingerprint density at radius 1 is 1.26 bits per heavy atom. The summed E-state index contributed by atoms with van der Waals surface area (Å²) in [6, 6.07) is 4.90. The third-order valence-corrected chi connectivity index (χ3v) is 5.52. The number of nitrogens with one attached hydrogen (secondary N) is 1. The Morgan fingerprint density at radius 3 is 2.70 bits per heavy atom. The maximum Gasteiger partial charge on any atom is 0.337 e. The third-order valence-electron chi connectivity index (χ3n) is 4.40. The number of anilines is 1. The summed E-state index contributed by atoms with van der Waals surface area (Å²) < 4.78 is 5.99. The molecule has 2 aromatic heterocycles. The lowest BCUT2D eigenvalue weighted by Crippen LogP contribution is -2.28. The molecular formula is C19H19N3O4S. The first-order valence-electron chi connectivity index (χ1n) is 8.25. The van der Waals surface area contributed by atoms with Gasteiger partial charge in [0.25, 0.3) is 5.56 Å². The number of benzene rings is 1. The molecule has 0 saturated carbocycles. The number of ether oxygens (including phenoxy) is 1. The number of esters is 1. The van der Waals surface area contributed by atoms with Crippen molar-refractivity contribution in [3.8, 4) is 0 Å². The van der Waals surface area contributed by atoms with Gasteiger partial charge >= 0.3 is 5.97 Å². The van der Waals surface area contributed by atoms with Crippen molar-refractivity contribution in [2.45, 2.75) is 27.3 Å². The Hall–Kier alpha value is -3.00. The highest BCUT2D eigenvalue weighted by molar-refractivity contribution is 7.18. The predicted octanol–water partition coefficient (Wildman–Crippen LogP) is 2.81. The summed E-state index contributed by atoms with van der Waals surface area (Å²) in [7, 11) is 1.30. The van der Waals surface area contributed by atoms with Crippen molar-refractivity contribution in [2.24, 2.45) is 0 Å². The number of rotatable bonds is 4. The van der Waals surface area contributed by atoms with E-state index < -0.39 is 5.97 Å². The van der Waals surface area contributed by atoms with Crippen LogP contribution in [-0.2, 0) is 16.1 Å². The lowest BCUT2D eigenvalue weighted by molar-refractivity contribution is -0.116. The Morgan fingerprint density at radius 2 is 2.00 bits per heavy atom. The van der Waals surface area contributed by atoms with E-state index in [2.05, 4.69) is 10.3 Å². The van der Waals surface area contributed by atoms with Crippen molar-refractivity contribution in [1.29, 1.82) is 0 Å². The van der Waals surface area contributed by atoms with Crippen LogP contribution in [0.2, 0.25) is 0 Å². The smallest absolute Gasteiger partial charge is 0.337 e. The number of aromatic nitrogens is 2. The summed E-state index contributed by atoms with van der Waals surface area (Å²) >= 11 is 1.46. The Bertz CT molecular complexity index is 1110. The average Bonchev–Trinajstić information content (AvgIpc) is 2.93. The number of hydrogen-bond donors (Lipinski definition) is 1. The van der Waals surface area contributed by atoms with Crippen LogP contribution in [-0.4, -0.2) is 28.5 Å². The highest BCUT2D eigenvalue weighted by Gasteiger charge is 2.15. The third kappa shape index (κ3) is 3.61. The van der Waals surface area contributed by atoms with Crippen molar-refractivity contribution < 1.29 is 14.3 Å². The van der Waals surface area contributed by atoms with Crippen molar-refractivity contribution in [2.75, 3.05) is 12.4 Å². The minimum absolute atomic E-state index is 0.169. The van der Waals surface area contributed by atoms with Gasteiger partial charge in [0.2, 0.25) is 5.91 Å². The molecule has 8 heteroatoms. The van der Waals surface area contributed by atoms with Crippen LogP contribution in [0.3, 0.4) is 0 Å². The molecule has 0 radical (unpaired) electrons. The molecule has 0 aliphatic carbocycles.